The molecule has 88 valence electrons. The minimum absolute atomic E-state index is 0.0939. The van der Waals surface area contributed by atoms with Crippen LogP contribution < -0.4 is 5.32 Å². The van der Waals surface area contributed by atoms with Crippen LogP contribution >= 0.6 is 0 Å². The van der Waals surface area contributed by atoms with Crippen LogP contribution in [0.3, 0.4) is 0 Å². The number of benzene rings is 1. The number of nitrogens with zero attached hydrogens (tertiary/aromatic N) is 1. The molecule has 5 heteroatoms. The molecule has 1 saturated carbocycles. The summed E-state index contributed by atoms with van der Waals surface area (Å²) in [4.78, 5) is 15.9. The van der Waals surface area contributed by atoms with Gasteiger partial charge in [0.05, 0.1) is 12.0 Å². The fourth-order valence-electron chi connectivity index (χ4n) is 1.80. The third-order valence-electron chi connectivity index (χ3n) is 3.23. The summed E-state index contributed by atoms with van der Waals surface area (Å²) in [5.41, 5.74) is 1.50. The second-order valence-electron chi connectivity index (χ2n) is 4.43. The number of rotatable bonds is 3. The molecule has 17 heavy (non-hydrogen) atoms. The zero-order chi connectivity index (χ0) is 11.9. The summed E-state index contributed by atoms with van der Waals surface area (Å²) in [6.07, 6.45) is 2.87. The zero-order valence-corrected chi connectivity index (χ0v) is 9.14. The van der Waals surface area contributed by atoms with Crippen LogP contribution in [0.5, 0.6) is 0 Å². The van der Waals surface area contributed by atoms with E-state index < -0.39 is 5.41 Å². The fraction of sp³-hybridized carbons (Fsp3) is 0.333. The molecule has 5 nitrogen and oxygen atoms in total. The van der Waals surface area contributed by atoms with E-state index in [-0.39, 0.29) is 12.5 Å². The Morgan fingerprint density at radius 3 is 3.06 bits per heavy atom. The lowest BCUT2D eigenvalue weighted by Crippen LogP contribution is -2.27. The smallest absolute Gasteiger partial charge is 0.232 e. The highest BCUT2D eigenvalue weighted by molar-refractivity contribution is 5.98. The number of hydrogen-bond donors (Lipinski definition) is 2. The molecule has 3 rings (SSSR count). The molecule has 1 fully saturated rings. The lowest BCUT2D eigenvalue weighted by molar-refractivity contribution is -0.122. The second-order valence-corrected chi connectivity index (χ2v) is 4.43. The van der Waals surface area contributed by atoms with Crippen molar-refractivity contribution in [2.24, 2.45) is 5.41 Å². The van der Waals surface area contributed by atoms with Crippen molar-refractivity contribution < 1.29 is 14.3 Å². The van der Waals surface area contributed by atoms with Gasteiger partial charge in [0.2, 0.25) is 5.91 Å². The minimum Gasteiger partial charge on any atom is -0.443 e. The predicted molar refractivity (Wildman–Crippen MR) is 61.4 cm³/mol. The molecule has 1 amide bonds. The maximum Gasteiger partial charge on any atom is 0.232 e. The number of aliphatic hydroxyl groups excluding tert-OH is 1. The number of oxazole rings is 1. The van der Waals surface area contributed by atoms with Gasteiger partial charge >= 0.3 is 0 Å². The number of anilines is 1. The lowest BCUT2D eigenvalue weighted by Gasteiger charge is -2.11. The van der Waals surface area contributed by atoms with E-state index in [1.54, 1.807) is 18.2 Å². The van der Waals surface area contributed by atoms with Crippen molar-refractivity contribution in [2.75, 3.05) is 11.9 Å². The van der Waals surface area contributed by atoms with Crippen molar-refractivity contribution >= 4 is 22.7 Å². The fourth-order valence-corrected chi connectivity index (χ4v) is 1.80. The Labute approximate surface area is 97.5 Å². The molecule has 1 heterocycles. The molecule has 0 spiro atoms. The largest absolute Gasteiger partial charge is 0.443 e. The van der Waals surface area contributed by atoms with E-state index in [0.717, 1.165) is 18.4 Å². The Morgan fingerprint density at radius 1 is 1.53 bits per heavy atom. The highest BCUT2D eigenvalue weighted by Crippen LogP contribution is 2.45. The number of carbonyl (C=O) groups excluding carboxylic acids is 1. The quantitative estimate of drug-likeness (QED) is 0.841. The van der Waals surface area contributed by atoms with E-state index >= 15 is 0 Å². The summed E-state index contributed by atoms with van der Waals surface area (Å²) in [6.45, 7) is -0.0939. The first-order chi connectivity index (χ1) is 8.23. The third-order valence-corrected chi connectivity index (χ3v) is 3.23. The number of aromatic nitrogens is 1. The van der Waals surface area contributed by atoms with Crippen LogP contribution in [0, 0.1) is 5.41 Å². The van der Waals surface area contributed by atoms with E-state index in [1.165, 1.54) is 6.39 Å². The van der Waals surface area contributed by atoms with Crippen molar-refractivity contribution in [3.63, 3.8) is 0 Å². The Morgan fingerprint density at radius 2 is 2.35 bits per heavy atom. The molecule has 2 N–H and O–H groups in total. The number of amides is 1. The molecule has 2 aromatic rings. The van der Waals surface area contributed by atoms with Gasteiger partial charge in [0.15, 0.2) is 12.0 Å². The van der Waals surface area contributed by atoms with Crippen molar-refractivity contribution in [2.45, 2.75) is 12.8 Å². The summed E-state index contributed by atoms with van der Waals surface area (Å²) in [5, 5.41) is 11.9. The maximum atomic E-state index is 11.9. The van der Waals surface area contributed by atoms with Crippen LogP contribution in [0.15, 0.2) is 29.0 Å². The van der Waals surface area contributed by atoms with Crippen molar-refractivity contribution in [1.29, 1.82) is 0 Å². The second kappa shape index (κ2) is 3.56. The van der Waals surface area contributed by atoms with E-state index in [4.69, 9.17) is 9.52 Å². The van der Waals surface area contributed by atoms with Gasteiger partial charge in [0.1, 0.15) is 5.52 Å². The summed E-state index contributed by atoms with van der Waals surface area (Å²) >= 11 is 0. The van der Waals surface area contributed by atoms with Crippen LogP contribution in [-0.4, -0.2) is 22.6 Å². The molecular weight excluding hydrogens is 220 g/mol. The van der Waals surface area contributed by atoms with E-state index in [2.05, 4.69) is 10.3 Å². The summed E-state index contributed by atoms with van der Waals surface area (Å²) < 4.78 is 5.16. The molecule has 0 bridgehead atoms. The van der Waals surface area contributed by atoms with Gasteiger partial charge in [-0.1, -0.05) is 0 Å². The SMILES string of the molecule is O=C(Nc1ccc2ncoc2c1)C1(CO)CC1. The van der Waals surface area contributed by atoms with Crippen LogP contribution in [0.4, 0.5) is 5.69 Å². The predicted octanol–water partition coefficient (Wildman–Crippen LogP) is 1.54. The molecular formula is C12H12N2O3. The third kappa shape index (κ3) is 1.68. The van der Waals surface area contributed by atoms with Gasteiger partial charge in [0, 0.05) is 11.8 Å². The zero-order valence-electron chi connectivity index (χ0n) is 9.14. The molecule has 1 aromatic carbocycles. The molecule has 0 unspecified atom stereocenters. The van der Waals surface area contributed by atoms with Crippen LogP contribution in [0.25, 0.3) is 11.1 Å². The summed E-state index contributed by atoms with van der Waals surface area (Å²) in [5.74, 6) is -0.126. The van der Waals surface area contributed by atoms with Gasteiger partial charge in [-0.25, -0.2) is 4.98 Å². The highest BCUT2D eigenvalue weighted by atomic mass is 16.3. The van der Waals surface area contributed by atoms with Crippen molar-refractivity contribution in [3.8, 4) is 0 Å². The molecule has 0 aliphatic heterocycles. The number of hydrogen-bond acceptors (Lipinski definition) is 4. The topological polar surface area (TPSA) is 75.4 Å². The van der Waals surface area contributed by atoms with E-state index in [1.807, 2.05) is 0 Å². The lowest BCUT2D eigenvalue weighted by atomic mass is 10.1. The Hall–Kier alpha value is -1.88. The van der Waals surface area contributed by atoms with Gasteiger partial charge in [-0.15, -0.1) is 0 Å². The van der Waals surface area contributed by atoms with Gasteiger partial charge in [-0.2, -0.15) is 0 Å². The van der Waals surface area contributed by atoms with Crippen LogP contribution in [0.1, 0.15) is 12.8 Å². The van der Waals surface area contributed by atoms with Gasteiger partial charge in [0.25, 0.3) is 0 Å². The maximum absolute atomic E-state index is 11.9. The van der Waals surface area contributed by atoms with E-state index in [0.29, 0.717) is 11.3 Å². The molecule has 0 atom stereocenters. The van der Waals surface area contributed by atoms with Crippen LogP contribution in [0.2, 0.25) is 0 Å². The molecule has 1 aliphatic rings. The number of aliphatic hydroxyl groups is 1. The minimum atomic E-state index is -0.559. The number of carbonyl (C=O) groups is 1. The molecule has 1 aliphatic carbocycles. The normalized spacial score (nSPS) is 17.0. The van der Waals surface area contributed by atoms with Crippen molar-refractivity contribution in [3.05, 3.63) is 24.6 Å². The van der Waals surface area contributed by atoms with Gasteiger partial charge in [-0.05, 0) is 25.0 Å². The Kier molecular flexibility index (Phi) is 2.16. The first-order valence-electron chi connectivity index (χ1n) is 5.49. The van der Waals surface area contributed by atoms with Crippen molar-refractivity contribution in [1.82, 2.24) is 4.98 Å². The number of fused-ring (bicyclic) bond motifs is 1. The standard InChI is InChI=1S/C12H12N2O3/c15-6-12(3-4-12)11(16)14-8-1-2-9-10(5-8)17-7-13-9/h1-2,5,7,15H,3-4,6H2,(H,14,16). The average Bonchev–Trinajstić information content (AvgIpc) is 3.01. The van der Waals surface area contributed by atoms with Gasteiger partial charge < -0.3 is 14.8 Å². The highest BCUT2D eigenvalue weighted by Gasteiger charge is 2.49. The first kappa shape index (κ1) is 10.3. The summed E-state index contributed by atoms with van der Waals surface area (Å²) in [6, 6.07) is 5.29. The molecule has 0 radical (unpaired) electrons. The molecule has 0 saturated heterocycles. The first-order valence-corrected chi connectivity index (χ1v) is 5.49. The average molecular weight is 232 g/mol. The Bertz CT molecular complexity index is 572. The van der Waals surface area contributed by atoms with Crippen LogP contribution in [-0.2, 0) is 4.79 Å². The van der Waals surface area contributed by atoms with Gasteiger partial charge in [-0.3, -0.25) is 4.79 Å². The van der Waals surface area contributed by atoms with E-state index in [9.17, 15) is 4.79 Å². The number of nitrogens with one attached hydrogen (secondary N) is 1. The summed E-state index contributed by atoms with van der Waals surface area (Å²) in [7, 11) is 0. The monoisotopic (exact) mass is 232 g/mol. The molecule has 1 aromatic heterocycles. The Balaban J connectivity index is 1.82.